The number of aryl methyl sites for hydroxylation is 1. The van der Waals surface area contributed by atoms with E-state index in [1.807, 2.05) is 43.3 Å². The molecule has 0 amide bonds. The number of benzene rings is 3. The monoisotopic (exact) mass is 471 g/mol. The predicted octanol–water partition coefficient (Wildman–Crippen LogP) is 3.58. The summed E-state index contributed by atoms with van der Waals surface area (Å²) in [5.41, 5.74) is 4.00. The van der Waals surface area contributed by atoms with Crippen LogP contribution in [0.5, 0.6) is 17.2 Å². The molecule has 1 fully saturated rings. The highest BCUT2D eigenvalue weighted by molar-refractivity contribution is 6.64. The zero-order chi connectivity index (χ0) is 24.4. The fourth-order valence-electron chi connectivity index (χ4n) is 4.44. The molecule has 178 valence electrons. The molecule has 2 aliphatic rings. The van der Waals surface area contributed by atoms with Gasteiger partial charge in [0.25, 0.3) is 0 Å². The molecule has 3 aromatic carbocycles. The first-order valence-corrected chi connectivity index (χ1v) is 11.6. The summed E-state index contributed by atoms with van der Waals surface area (Å²) in [5, 5.41) is 0. The molecule has 1 atom stereocenters. The molecular formula is C27H26BNO6. The van der Waals surface area contributed by atoms with Crippen LogP contribution in [0.25, 0.3) is 0 Å². The number of nitrogens with zero attached hydrogens (tertiary/aromatic N) is 1. The molecule has 1 heterocycles. The second kappa shape index (κ2) is 9.84. The Labute approximate surface area is 204 Å². The first-order valence-electron chi connectivity index (χ1n) is 11.6. The van der Waals surface area contributed by atoms with Crippen molar-refractivity contribution in [3.63, 3.8) is 0 Å². The number of likely N-dealkylation sites (N-methyl/N-ethyl adjacent to an activating group) is 1. The Morgan fingerprint density at radius 1 is 0.914 bits per heavy atom. The summed E-state index contributed by atoms with van der Waals surface area (Å²) in [6.45, 7) is 2.11. The lowest BCUT2D eigenvalue weighted by molar-refractivity contribution is -0.145. The van der Waals surface area contributed by atoms with Gasteiger partial charge in [-0.15, -0.1) is 0 Å². The Hall–Kier alpha value is -3.78. The number of carbonyl (C=O) groups excluding carboxylic acids is 2. The smallest absolute Gasteiger partial charge is 0.494 e. The van der Waals surface area contributed by atoms with Crippen molar-refractivity contribution in [1.29, 1.82) is 0 Å². The normalized spacial score (nSPS) is 18.2. The lowest BCUT2D eigenvalue weighted by atomic mass is 9.78. The van der Waals surface area contributed by atoms with Crippen molar-refractivity contribution in [2.24, 2.45) is 0 Å². The van der Waals surface area contributed by atoms with Crippen LogP contribution < -0.4 is 14.9 Å². The summed E-state index contributed by atoms with van der Waals surface area (Å²) in [6, 6.07) is 21.2. The molecule has 8 heteroatoms. The fraction of sp³-hybridized carbons (Fsp3) is 0.259. The predicted molar refractivity (Wildman–Crippen MR) is 131 cm³/mol. The van der Waals surface area contributed by atoms with Crippen LogP contribution in [0.4, 0.5) is 0 Å². The van der Waals surface area contributed by atoms with Gasteiger partial charge in [-0.3, -0.25) is 14.5 Å². The van der Waals surface area contributed by atoms with Crippen LogP contribution >= 0.6 is 0 Å². The molecule has 0 spiro atoms. The minimum Gasteiger partial charge on any atom is -0.494 e. The molecule has 0 saturated carbocycles. The van der Waals surface area contributed by atoms with E-state index < -0.39 is 19.1 Å². The third kappa shape index (κ3) is 5.33. The Balaban J connectivity index is 1.28. The van der Waals surface area contributed by atoms with Gasteiger partial charge in [-0.1, -0.05) is 36.4 Å². The summed E-state index contributed by atoms with van der Waals surface area (Å²) in [7, 11) is 0.597. The number of carbonyl (C=O) groups is 2. The minimum atomic E-state index is -1.06. The number of hydrogen-bond acceptors (Lipinski definition) is 7. The summed E-state index contributed by atoms with van der Waals surface area (Å²) >= 11 is 0. The van der Waals surface area contributed by atoms with Gasteiger partial charge in [0.05, 0.1) is 13.1 Å². The maximum Gasteiger partial charge on any atom is 0.636 e. The van der Waals surface area contributed by atoms with Gasteiger partial charge < -0.3 is 18.8 Å². The van der Waals surface area contributed by atoms with E-state index in [1.165, 1.54) is 0 Å². The molecule has 5 rings (SSSR count). The van der Waals surface area contributed by atoms with Crippen LogP contribution in [0.15, 0.2) is 66.7 Å². The van der Waals surface area contributed by atoms with E-state index in [4.69, 9.17) is 18.8 Å². The standard InChI is InChI=1S/C27H26BNO6/c1-18-5-3-6-21(15-18)33-24-8-4-7-22-23(24)13-14-25(22)32-20-11-9-19(10-12-20)28-34-26(30)16-29(2)17-27(31)35-28/h3-12,15,25H,13-14,16-17H2,1-2H3/t25-/m1/s1. The molecule has 1 saturated heterocycles. The van der Waals surface area contributed by atoms with Crippen LogP contribution in [0.2, 0.25) is 0 Å². The van der Waals surface area contributed by atoms with Crippen molar-refractivity contribution < 1.29 is 28.4 Å². The van der Waals surface area contributed by atoms with E-state index in [9.17, 15) is 9.59 Å². The van der Waals surface area contributed by atoms with E-state index in [0.717, 1.165) is 41.0 Å². The van der Waals surface area contributed by atoms with Crippen molar-refractivity contribution in [2.45, 2.75) is 25.9 Å². The highest BCUT2D eigenvalue weighted by atomic mass is 16.6. The van der Waals surface area contributed by atoms with Crippen molar-refractivity contribution >= 4 is 24.5 Å². The first-order chi connectivity index (χ1) is 16.9. The second-order valence-corrected chi connectivity index (χ2v) is 8.94. The largest absolute Gasteiger partial charge is 0.636 e. The maximum absolute atomic E-state index is 12.0. The zero-order valence-corrected chi connectivity index (χ0v) is 19.7. The zero-order valence-electron chi connectivity index (χ0n) is 19.7. The van der Waals surface area contributed by atoms with Crippen LogP contribution in [0.3, 0.4) is 0 Å². The van der Waals surface area contributed by atoms with Gasteiger partial charge >= 0.3 is 19.1 Å². The maximum atomic E-state index is 12.0. The third-order valence-corrected chi connectivity index (χ3v) is 6.10. The van der Waals surface area contributed by atoms with Crippen molar-refractivity contribution in [2.75, 3.05) is 20.1 Å². The molecule has 0 bridgehead atoms. The minimum absolute atomic E-state index is 0.0312. The molecule has 0 N–H and O–H groups in total. The van der Waals surface area contributed by atoms with Crippen molar-refractivity contribution in [1.82, 2.24) is 4.90 Å². The molecule has 1 aliphatic heterocycles. The van der Waals surface area contributed by atoms with E-state index in [0.29, 0.717) is 11.2 Å². The summed E-state index contributed by atoms with van der Waals surface area (Å²) in [6.07, 6.45) is 1.61. The molecule has 35 heavy (non-hydrogen) atoms. The van der Waals surface area contributed by atoms with Crippen molar-refractivity contribution in [3.05, 3.63) is 83.4 Å². The Kier molecular flexibility index (Phi) is 6.46. The van der Waals surface area contributed by atoms with E-state index in [2.05, 4.69) is 6.07 Å². The second-order valence-electron chi connectivity index (χ2n) is 8.94. The van der Waals surface area contributed by atoms with Crippen LogP contribution in [0.1, 0.15) is 29.2 Å². The lowest BCUT2D eigenvalue weighted by Crippen LogP contribution is -2.47. The Bertz CT molecular complexity index is 1220. The average Bonchev–Trinajstić information content (AvgIpc) is 3.22. The number of rotatable bonds is 5. The lowest BCUT2D eigenvalue weighted by Gasteiger charge is -2.22. The van der Waals surface area contributed by atoms with Gasteiger partial charge in [0, 0.05) is 11.0 Å². The quantitative estimate of drug-likeness (QED) is 0.527. The van der Waals surface area contributed by atoms with E-state index in [1.54, 1.807) is 36.2 Å². The molecule has 3 aromatic rings. The highest BCUT2D eigenvalue weighted by Crippen LogP contribution is 2.40. The molecule has 0 aromatic heterocycles. The van der Waals surface area contributed by atoms with E-state index in [-0.39, 0.29) is 19.2 Å². The number of ether oxygens (including phenoxy) is 2. The summed E-state index contributed by atoms with van der Waals surface area (Å²) in [4.78, 5) is 25.6. The van der Waals surface area contributed by atoms with Crippen molar-refractivity contribution in [3.8, 4) is 17.2 Å². The van der Waals surface area contributed by atoms with Crippen LogP contribution in [-0.2, 0) is 25.3 Å². The van der Waals surface area contributed by atoms with Gasteiger partial charge in [-0.25, -0.2) is 0 Å². The van der Waals surface area contributed by atoms with Gasteiger partial charge in [-0.05, 0) is 68.3 Å². The molecule has 1 aliphatic carbocycles. The van der Waals surface area contributed by atoms with Crippen LogP contribution in [-0.4, -0.2) is 44.1 Å². The average molecular weight is 471 g/mol. The molecule has 0 unspecified atom stereocenters. The fourth-order valence-corrected chi connectivity index (χ4v) is 4.44. The molecule has 7 nitrogen and oxygen atoms in total. The summed E-state index contributed by atoms with van der Waals surface area (Å²) in [5.74, 6) is 1.46. The number of fused-ring (bicyclic) bond motifs is 1. The first kappa shape index (κ1) is 23.0. The Morgan fingerprint density at radius 3 is 2.34 bits per heavy atom. The van der Waals surface area contributed by atoms with Crippen LogP contribution in [0, 0.1) is 6.92 Å². The van der Waals surface area contributed by atoms with Gasteiger partial charge in [-0.2, -0.15) is 0 Å². The molecular weight excluding hydrogens is 445 g/mol. The Morgan fingerprint density at radius 2 is 1.63 bits per heavy atom. The SMILES string of the molecule is Cc1cccc(Oc2cccc3c2CC[C@H]3Oc2ccc(B3OC(=O)CN(C)CC(=O)O3)cc2)c1. The van der Waals surface area contributed by atoms with Gasteiger partial charge in [0.15, 0.2) is 0 Å². The summed E-state index contributed by atoms with van der Waals surface area (Å²) < 4.78 is 23.1. The number of hydrogen-bond donors (Lipinski definition) is 0. The highest BCUT2D eigenvalue weighted by Gasteiger charge is 2.34. The third-order valence-electron chi connectivity index (χ3n) is 6.10. The molecule has 0 radical (unpaired) electrons. The topological polar surface area (TPSA) is 74.3 Å². The van der Waals surface area contributed by atoms with Gasteiger partial charge in [0.1, 0.15) is 23.4 Å². The van der Waals surface area contributed by atoms with E-state index >= 15 is 0 Å². The van der Waals surface area contributed by atoms with Gasteiger partial charge in [0.2, 0.25) is 0 Å².